The van der Waals surface area contributed by atoms with Crippen molar-refractivity contribution in [2.24, 2.45) is 13.0 Å². The predicted molar refractivity (Wildman–Crippen MR) is 80.8 cm³/mol. The van der Waals surface area contributed by atoms with Crippen LogP contribution in [0.1, 0.15) is 36.7 Å². The van der Waals surface area contributed by atoms with Crippen LogP contribution in [0, 0.1) is 5.92 Å². The number of nitrogens with zero attached hydrogens (tertiary/aromatic N) is 3. The molecule has 0 spiro atoms. The van der Waals surface area contributed by atoms with Gasteiger partial charge in [0, 0.05) is 32.2 Å². The quantitative estimate of drug-likeness (QED) is 0.934. The van der Waals surface area contributed by atoms with Crippen LogP contribution in [0.15, 0.2) is 36.8 Å². The molecule has 116 valence electrons. The van der Waals surface area contributed by atoms with Crippen molar-refractivity contribution in [3.63, 3.8) is 0 Å². The third-order valence-corrected chi connectivity index (χ3v) is 4.12. The molecule has 0 radical (unpaired) electrons. The summed E-state index contributed by atoms with van der Waals surface area (Å²) in [6.07, 6.45) is 5.72. The number of amides is 1. The van der Waals surface area contributed by atoms with Crippen molar-refractivity contribution in [1.82, 2.24) is 20.1 Å². The molecule has 1 aliphatic heterocycles. The highest BCUT2D eigenvalue weighted by Crippen LogP contribution is 2.34. The SMILES string of the molecule is C[C@H](NC(=O)[C@@H]1CCO[C@H]1c1ccnn1C)c1cccnc1. The molecule has 1 saturated heterocycles. The average molecular weight is 300 g/mol. The van der Waals surface area contributed by atoms with Gasteiger partial charge in [0.1, 0.15) is 6.10 Å². The molecular weight excluding hydrogens is 280 g/mol. The summed E-state index contributed by atoms with van der Waals surface area (Å²) in [6.45, 7) is 2.55. The Morgan fingerprint density at radius 2 is 2.32 bits per heavy atom. The zero-order valence-corrected chi connectivity index (χ0v) is 12.8. The van der Waals surface area contributed by atoms with Gasteiger partial charge < -0.3 is 10.1 Å². The first kappa shape index (κ1) is 14.7. The molecule has 0 aromatic carbocycles. The van der Waals surface area contributed by atoms with E-state index in [2.05, 4.69) is 15.4 Å². The minimum Gasteiger partial charge on any atom is -0.371 e. The molecule has 1 fully saturated rings. The maximum atomic E-state index is 12.6. The highest BCUT2D eigenvalue weighted by molar-refractivity contribution is 5.80. The van der Waals surface area contributed by atoms with Crippen LogP contribution in [0.25, 0.3) is 0 Å². The Bertz CT molecular complexity index is 641. The van der Waals surface area contributed by atoms with E-state index >= 15 is 0 Å². The van der Waals surface area contributed by atoms with E-state index in [9.17, 15) is 4.79 Å². The van der Waals surface area contributed by atoms with Crippen molar-refractivity contribution in [2.45, 2.75) is 25.5 Å². The molecule has 3 atom stereocenters. The Morgan fingerprint density at radius 3 is 3.00 bits per heavy atom. The highest BCUT2D eigenvalue weighted by atomic mass is 16.5. The van der Waals surface area contributed by atoms with Gasteiger partial charge in [-0.15, -0.1) is 0 Å². The number of aryl methyl sites for hydroxylation is 1. The van der Waals surface area contributed by atoms with Crippen molar-refractivity contribution in [2.75, 3.05) is 6.61 Å². The van der Waals surface area contributed by atoms with Crippen molar-refractivity contribution in [3.05, 3.63) is 48.0 Å². The van der Waals surface area contributed by atoms with Crippen molar-refractivity contribution < 1.29 is 9.53 Å². The van der Waals surface area contributed by atoms with Crippen molar-refractivity contribution in [1.29, 1.82) is 0 Å². The number of nitrogens with one attached hydrogen (secondary N) is 1. The van der Waals surface area contributed by atoms with Crippen LogP contribution in [-0.2, 0) is 16.6 Å². The first-order valence-corrected chi connectivity index (χ1v) is 7.46. The summed E-state index contributed by atoms with van der Waals surface area (Å²) in [5, 5.41) is 7.22. The number of aromatic nitrogens is 3. The van der Waals surface area contributed by atoms with Gasteiger partial charge in [0.05, 0.1) is 17.7 Å². The predicted octanol–water partition coefficient (Wildman–Crippen LogP) is 1.77. The first-order chi connectivity index (χ1) is 10.7. The molecule has 2 aromatic rings. The summed E-state index contributed by atoms with van der Waals surface area (Å²) in [7, 11) is 1.87. The van der Waals surface area contributed by atoms with Crippen LogP contribution in [0.4, 0.5) is 0 Å². The number of carbonyl (C=O) groups is 1. The number of hydrogen-bond donors (Lipinski definition) is 1. The monoisotopic (exact) mass is 300 g/mol. The van der Waals surface area contributed by atoms with Crippen LogP contribution >= 0.6 is 0 Å². The molecule has 22 heavy (non-hydrogen) atoms. The molecule has 0 unspecified atom stereocenters. The molecule has 0 bridgehead atoms. The van der Waals surface area contributed by atoms with Gasteiger partial charge in [-0.1, -0.05) is 6.07 Å². The van der Waals surface area contributed by atoms with Gasteiger partial charge in [-0.3, -0.25) is 14.5 Å². The summed E-state index contributed by atoms with van der Waals surface area (Å²) in [6, 6.07) is 5.66. The van der Waals surface area contributed by atoms with E-state index in [4.69, 9.17) is 4.74 Å². The number of carbonyl (C=O) groups excluding carboxylic acids is 1. The molecule has 2 aromatic heterocycles. The third kappa shape index (κ3) is 2.87. The lowest BCUT2D eigenvalue weighted by molar-refractivity contribution is -0.127. The smallest absolute Gasteiger partial charge is 0.226 e. The fraction of sp³-hybridized carbons (Fsp3) is 0.438. The minimum atomic E-state index is -0.228. The Hall–Kier alpha value is -2.21. The second-order valence-corrected chi connectivity index (χ2v) is 5.58. The van der Waals surface area contributed by atoms with E-state index in [1.807, 2.05) is 32.2 Å². The van der Waals surface area contributed by atoms with Gasteiger partial charge in [-0.2, -0.15) is 5.10 Å². The van der Waals surface area contributed by atoms with Crippen LogP contribution in [0.2, 0.25) is 0 Å². The fourth-order valence-corrected chi connectivity index (χ4v) is 2.85. The molecule has 3 rings (SSSR count). The third-order valence-electron chi connectivity index (χ3n) is 4.12. The molecular formula is C16H20N4O2. The van der Waals surface area contributed by atoms with Gasteiger partial charge in [0.25, 0.3) is 0 Å². The lowest BCUT2D eigenvalue weighted by Crippen LogP contribution is -2.34. The van der Waals surface area contributed by atoms with Gasteiger partial charge in [0.15, 0.2) is 0 Å². The number of ether oxygens (including phenoxy) is 1. The normalized spacial score (nSPS) is 22.5. The number of rotatable bonds is 4. The fourth-order valence-electron chi connectivity index (χ4n) is 2.85. The van der Waals surface area contributed by atoms with E-state index in [-0.39, 0.29) is 24.0 Å². The molecule has 6 nitrogen and oxygen atoms in total. The van der Waals surface area contributed by atoms with E-state index < -0.39 is 0 Å². The van der Waals surface area contributed by atoms with Gasteiger partial charge in [0.2, 0.25) is 5.91 Å². The second-order valence-electron chi connectivity index (χ2n) is 5.58. The molecule has 1 aliphatic rings. The molecule has 3 heterocycles. The Labute approximate surface area is 129 Å². The molecule has 0 saturated carbocycles. The first-order valence-electron chi connectivity index (χ1n) is 7.46. The lowest BCUT2D eigenvalue weighted by atomic mass is 9.97. The van der Waals surface area contributed by atoms with E-state index in [0.29, 0.717) is 6.61 Å². The summed E-state index contributed by atoms with van der Waals surface area (Å²) in [5.74, 6) is -0.172. The van der Waals surface area contributed by atoms with Gasteiger partial charge in [-0.05, 0) is 31.0 Å². The largest absolute Gasteiger partial charge is 0.371 e. The maximum Gasteiger partial charge on any atom is 0.226 e. The molecule has 1 amide bonds. The molecule has 0 aliphatic carbocycles. The Kier molecular flexibility index (Phi) is 4.20. The Balaban J connectivity index is 1.70. The topological polar surface area (TPSA) is 69.0 Å². The molecule has 6 heteroatoms. The Morgan fingerprint density at radius 1 is 1.45 bits per heavy atom. The summed E-state index contributed by atoms with van der Waals surface area (Å²) in [4.78, 5) is 16.7. The van der Waals surface area contributed by atoms with Crippen LogP contribution in [-0.4, -0.2) is 27.3 Å². The standard InChI is InChI=1S/C16H20N4O2/c1-11(12-4-3-7-17-10-12)19-16(21)13-6-9-22-15(13)14-5-8-18-20(14)2/h3-5,7-8,10-11,13,15H,6,9H2,1-2H3,(H,19,21)/t11-,13+,15+/m0/s1. The summed E-state index contributed by atoms with van der Waals surface area (Å²) >= 11 is 0. The van der Waals surface area contributed by atoms with Gasteiger partial charge in [-0.25, -0.2) is 0 Å². The zero-order valence-electron chi connectivity index (χ0n) is 12.8. The van der Waals surface area contributed by atoms with E-state index in [1.165, 1.54) is 0 Å². The highest BCUT2D eigenvalue weighted by Gasteiger charge is 2.37. The number of hydrogen-bond acceptors (Lipinski definition) is 4. The minimum absolute atomic E-state index is 0.0139. The molecule has 1 N–H and O–H groups in total. The van der Waals surface area contributed by atoms with E-state index in [0.717, 1.165) is 17.7 Å². The zero-order chi connectivity index (χ0) is 15.5. The van der Waals surface area contributed by atoms with E-state index in [1.54, 1.807) is 23.3 Å². The second kappa shape index (κ2) is 6.27. The van der Waals surface area contributed by atoms with Crippen molar-refractivity contribution >= 4 is 5.91 Å². The van der Waals surface area contributed by atoms with Crippen LogP contribution < -0.4 is 5.32 Å². The maximum absolute atomic E-state index is 12.6. The summed E-state index contributed by atoms with van der Waals surface area (Å²) < 4.78 is 7.53. The van der Waals surface area contributed by atoms with Crippen LogP contribution in [0.3, 0.4) is 0 Å². The summed E-state index contributed by atoms with van der Waals surface area (Å²) in [5.41, 5.74) is 1.93. The average Bonchev–Trinajstić information content (AvgIpc) is 3.16. The van der Waals surface area contributed by atoms with Crippen molar-refractivity contribution in [3.8, 4) is 0 Å². The van der Waals surface area contributed by atoms with Crippen LogP contribution in [0.5, 0.6) is 0 Å². The number of pyridine rings is 1. The lowest BCUT2D eigenvalue weighted by Gasteiger charge is -2.21. The van der Waals surface area contributed by atoms with Gasteiger partial charge >= 0.3 is 0 Å².